The van der Waals surface area contributed by atoms with Crippen LogP contribution in [0.3, 0.4) is 0 Å². The molecule has 0 saturated carbocycles. The van der Waals surface area contributed by atoms with Gasteiger partial charge >= 0.3 is 0 Å². The molecule has 2 aromatic rings. The van der Waals surface area contributed by atoms with Crippen LogP contribution in [-0.2, 0) is 4.79 Å². The first kappa shape index (κ1) is 15.3. The molecule has 2 saturated heterocycles. The van der Waals surface area contributed by atoms with E-state index in [9.17, 15) is 4.79 Å². The molecular weight excluding hydrogens is 304 g/mol. The molecule has 4 rings (SSSR count). The molecule has 1 N–H and O–H groups in total. The second-order valence-electron chi connectivity index (χ2n) is 6.69. The highest BCUT2D eigenvalue weighted by atomic mass is 16.2. The second kappa shape index (κ2) is 6.32. The number of rotatable bonds is 3. The molecule has 0 radical (unpaired) electrons. The van der Waals surface area contributed by atoms with E-state index >= 15 is 0 Å². The average Bonchev–Trinajstić information content (AvgIpc) is 3.21. The highest BCUT2D eigenvalue weighted by molar-refractivity contribution is 5.80. The van der Waals surface area contributed by atoms with Gasteiger partial charge in [0.2, 0.25) is 11.7 Å². The maximum atomic E-state index is 12.8. The van der Waals surface area contributed by atoms with E-state index in [4.69, 9.17) is 0 Å². The van der Waals surface area contributed by atoms with Gasteiger partial charge < -0.3 is 10.2 Å². The smallest absolute Gasteiger partial charge is 0.249 e. The Hall–Kier alpha value is -2.28. The molecule has 0 aliphatic carbocycles. The van der Waals surface area contributed by atoms with Crippen LogP contribution in [0.4, 0.5) is 0 Å². The number of carbonyl (C=O) groups is 1. The third-order valence-electron chi connectivity index (χ3n) is 5.00. The summed E-state index contributed by atoms with van der Waals surface area (Å²) in [4.78, 5) is 16.2. The number of likely N-dealkylation sites (tertiary alicyclic amines) is 1. The fraction of sp³-hybridized carbons (Fsp3) is 0.529. The molecule has 3 atom stereocenters. The van der Waals surface area contributed by atoms with Crippen molar-refractivity contribution >= 4 is 5.91 Å². The van der Waals surface area contributed by atoms with Crippen molar-refractivity contribution in [2.24, 2.45) is 0 Å². The quantitative estimate of drug-likeness (QED) is 0.919. The normalized spacial score (nSPS) is 24.6. The maximum absolute atomic E-state index is 12.8. The molecule has 7 heteroatoms. The summed E-state index contributed by atoms with van der Waals surface area (Å²) in [6, 6.07) is 10.2. The molecule has 2 fully saturated rings. The molecule has 24 heavy (non-hydrogen) atoms. The topological polar surface area (TPSA) is 75.9 Å². The minimum atomic E-state index is -0.438. The minimum absolute atomic E-state index is 0.0707. The van der Waals surface area contributed by atoms with Crippen LogP contribution < -0.4 is 5.32 Å². The highest BCUT2D eigenvalue weighted by Crippen LogP contribution is 2.22. The summed E-state index contributed by atoms with van der Waals surface area (Å²) in [6.45, 7) is 3.42. The zero-order valence-corrected chi connectivity index (χ0v) is 13.8. The summed E-state index contributed by atoms with van der Waals surface area (Å²) < 4.78 is 0. The lowest BCUT2D eigenvalue weighted by Crippen LogP contribution is -2.42. The van der Waals surface area contributed by atoms with E-state index in [0.29, 0.717) is 17.9 Å². The Kier molecular flexibility index (Phi) is 4.02. The maximum Gasteiger partial charge on any atom is 0.249 e. The van der Waals surface area contributed by atoms with Gasteiger partial charge in [0.05, 0.1) is 0 Å². The number of hydrogen-bond acceptors (Lipinski definition) is 5. The van der Waals surface area contributed by atoms with Crippen LogP contribution in [0.1, 0.15) is 32.2 Å². The summed E-state index contributed by atoms with van der Waals surface area (Å²) in [6.07, 6.45) is 3.41. The van der Waals surface area contributed by atoms with Gasteiger partial charge in [-0.2, -0.15) is 4.80 Å². The van der Waals surface area contributed by atoms with Gasteiger partial charge in [-0.25, -0.2) is 0 Å². The highest BCUT2D eigenvalue weighted by Gasteiger charge is 2.33. The number of benzene rings is 1. The Morgan fingerprint density at radius 2 is 2.00 bits per heavy atom. The predicted molar refractivity (Wildman–Crippen MR) is 89.1 cm³/mol. The van der Waals surface area contributed by atoms with E-state index in [2.05, 4.69) is 20.7 Å². The third-order valence-corrected chi connectivity index (χ3v) is 5.00. The summed E-state index contributed by atoms with van der Waals surface area (Å²) in [5.41, 5.74) is 0.902. The molecule has 2 aliphatic rings. The van der Waals surface area contributed by atoms with Crippen LogP contribution in [0.25, 0.3) is 11.4 Å². The molecule has 2 aliphatic heterocycles. The predicted octanol–water partition coefficient (Wildman–Crippen LogP) is 1.25. The van der Waals surface area contributed by atoms with Crippen LogP contribution in [0.2, 0.25) is 0 Å². The van der Waals surface area contributed by atoms with Gasteiger partial charge in [-0.05, 0) is 31.4 Å². The summed E-state index contributed by atoms with van der Waals surface area (Å²) in [7, 11) is 0. The number of aromatic nitrogens is 4. The number of hydrogen-bond donors (Lipinski definition) is 1. The number of tetrazole rings is 1. The fourth-order valence-electron chi connectivity index (χ4n) is 3.60. The number of carbonyl (C=O) groups excluding carboxylic acids is 1. The Balaban J connectivity index is 1.48. The monoisotopic (exact) mass is 326 g/mol. The lowest BCUT2D eigenvalue weighted by atomic mass is 10.1. The molecular formula is C17H22N6O. The molecule has 0 spiro atoms. The van der Waals surface area contributed by atoms with E-state index in [1.54, 1.807) is 0 Å². The Labute approximate surface area is 141 Å². The Morgan fingerprint density at radius 1 is 1.21 bits per heavy atom. The first-order valence-electron chi connectivity index (χ1n) is 8.60. The van der Waals surface area contributed by atoms with Gasteiger partial charge in [0.25, 0.3) is 0 Å². The molecule has 7 nitrogen and oxygen atoms in total. The van der Waals surface area contributed by atoms with Crippen LogP contribution in [0.5, 0.6) is 0 Å². The van der Waals surface area contributed by atoms with E-state index in [1.165, 1.54) is 11.2 Å². The van der Waals surface area contributed by atoms with Gasteiger partial charge in [0, 0.05) is 30.7 Å². The van der Waals surface area contributed by atoms with Crippen LogP contribution >= 0.6 is 0 Å². The number of fused-ring (bicyclic) bond motifs is 2. The summed E-state index contributed by atoms with van der Waals surface area (Å²) in [5.74, 6) is 0.619. The third kappa shape index (κ3) is 2.91. The Bertz CT molecular complexity index is 715. The van der Waals surface area contributed by atoms with Crippen molar-refractivity contribution in [3.8, 4) is 11.4 Å². The molecule has 1 aromatic heterocycles. The molecule has 126 valence electrons. The largest absolute Gasteiger partial charge is 0.339 e. The van der Waals surface area contributed by atoms with Crippen LogP contribution in [0.15, 0.2) is 30.3 Å². The summed E-state index contributed by atoms with van der Waals surface area (Å²) >= 11 is 0. The number of amides is 1. The van der Waals surface area contributed by atoms with Crippen molar-refractivity contribution < 1.29 is 4.79 Å². The van der Waals surface area contributed by atoms with E-state index < -0.39 is 6.04 Å². The minimum Gasteiger partial charge on any atom is -0.339 e. The van der Waals surface area contributed by atoms with Crippen molar-refractivity contribution in [1.82, 2.24) is 30.4 Å². The first-order valence-corrected chi connectivity index (χ1v) is 8.60. The second-order valence-corrected chi connectivity index (χ2v) is 6.69. The zero-order chi connectivity index (χ0) is 16.5. The lowest BCUT2D eigenvalue weighted by molar-refractivity contribution is -0.135. The lowest BCUT2D eigenvalue weighted by Gasteiger charge is -2.26. The molecule has 1 aromatic carbocycles. The van der Waals surface area contributed by atoms with E-state index in [1.807, 2.05) is 42.2 Å². The van der Waals surface area contributed by atoms with Crippen molar-refractivity contribution in [1.29, 1.82) is 0 Å². The van der Waals surface area contributed by atoms with Gasteiger partial charge in [-0.1, -0.05) is 30.3 Å². The molecule has 3 heterocycles. The number of nitrogens with one attached hydrogen (secondary N) is 1. The van der Waals surface area contributed by atoms with Crippen molar-refractivity contribution in [3.05, 3.63) is 30.3 Å². The van der Waals surface area contributed by atoms with Crippen molar-refractivity contribution in [2.45, 2.75) is 44.3 Å². The SMILES string of the molecule is CC(C(=O)N1CCC2CCC(C1)N2)n1nnc(-c2ccccc2)n1. The average molecular weight is 326 g/mol. The molecule has 3 unspecified atom stereocenters. The molecule has 2 bridgehead atoms. The Morgan fingerprint density at radius 3 is 2.83 bits per heavy atom. The standard InChI is InChI=1S/C17H22N6O/c1-12(17(24)22-10-9-14-7-8-15(11-22)18-14)23-20-16(19-21-23)13-5-3-2-4-6-13/h2-6,12,14-15,18H,7-11H2,1H3. The summed E-state index contributed by atoms with van der Waals surface area (Å²) in [5, 5.41) is 16.2. The van der Waals surface area contributed by atoms with Crippen molar-refractivity contribution in [3.63, 3.8) is 0 Å². The first-order chi connectivity index (χ1) is 11.7. The van der Waals surface area contributed by atoms with Crippen molar-refractivity contribution in [2.75, 3.05) is 13.1 Å². The number of nitrogens with zero attached hydrogens (tertiary/aromatic N) is 5. The fourth-order valence-corrected chi connectivity index (χ4v) is 3.60. The zero-order valence-electron chi connectivity index (χ0n) is 13.8. The van der Waals surface area contributed by atoms with Gasteiger partial charge in [-0.3, -0.25) is 4.79 Å². The van der Waals surface area contributed by atoms with Gasteiger partial charge in [0.15, 0.2) is 0 Å². The van der Waals surface area contributed by atoms with Crippen LogP contribution in [-0.4, -0.2) is 56.2 Å². The van der Waals surface area contributed by atoms with Crippen LogP contribution in [0, 0.1) is 0 Å². The van der Waals surface area contributed by atoms with E-state index in [0.717, 1.165) is 31.5 Å². The van der Waals surface area contributed by atoms with Gasteiger partial charge in [-0.15, -0.1) is 10.2 Å². The molecule has 1 amide bonds. The van der Waals surface area contributed by atoms with E-state index in [-0.39, 0.29) is 5.91 Å². The van der Waals surface area contributed by atoms with Gasteiger partial charge in [0.1, 0.15) is 6.04 Å².